The van der Waals surface area contributed by atoms with E-state index in [2.05, 4.69) is 20.8 Å². The number of nitrogens with two attached hydrogens (primary N) is 1. The summed E-state index contributed by atoms with van der Waals surface area (Å²) in [5.41, 5.74) is 5.84. The topological polar surface area (TPSA) is 26.0 Å². The highest BCUT2D eigenvalue weighted by Gasteiger charge is 2.09. The molecule has 0 saturated heterocycles. The van der Waals surface area contributed by atoms with E-state index in [4.69, 9.17) is 5.73 Å². The quantitative estimate of drug-likeness (QED) is 0.669. The van der Waals surface area contributed by atoms with Crippen molar-refractivity contribution in [1.29, 1.82) is 0 Å². The molecule has 0 aliphatic rings. The van der Waals surface area contributed by atoms with Gasteiger partial charge in [0.1, 0.15) is 0 Å². The summed E-state index contributed by atoms with van der Waals surface area (Å²) in [7, 11) is 0. The lowest BCUT2D eigenvalue weighted by molar-refractivity contribution is 0.642. The summed E-state index contributed by atoms with van der Waals surface area (Å²) in [4.78, 5) is 0. The van der Waals surface area contributed by atoms with Crippen molar-refractivity contribution in [2.75, 3.05) is 5.75 Å². The summed E-state index contributed by atoms with van der Waals surface area (Å²) in [5.74, 6) is 1.24. The molecule has 0 amide bonds. The van der Waals surface area contributed by atoms with Gasteiger partial charge in [-0.3, -0.25) is 0 Å². The number of rotatable bonds is 5. The van der Waals surface area contributed by atoms with Crippen LogP contribution >= 0.6 is 11.8 Å². The number of hydrogen-bond acceptors (Lipinski definition) is 2. The first-order valence-electron chi connectivity index (χ1n) is 4.09. The molecule has 2 heteroatoms. The summed E-state index contributed by atoms with van der Waals surface area (Å²) in [5, 5.41) is 0.630. The van der Waals surface area contributed by atoms with Gasteiger partial charge in [-0.1, -0.05) is 20.8 Å². The zero-order chi connectivity index (χ0) is 7.98. The minimum atomic E-state index is 0.386. The molecular weight excluding hydrogens is 142 g/mol. The van der Waals surface area contributed by atoms with Gasteiger partial charge in [-0.2, -0.15) is 11.8 Å². The maximum absolute atomic E-state index is 5.84. The molecular formula is C8H19NS. The van der Waals surface area contributed by atoms with Crippen molar-refractivity contribution in [2.24, 2.45) is 5.73 Å². The van der Waals surface area contributed by atoms with Crippen LogP contribution in [-0.2, 0) is 0 Å². The van der Waals surface area contributed by atoms with E-state index in [-0.39, 0.29) is 0 Å². The summed E-state index contributed by atoms with van der Waals surface area (Å²) in [6, 6.07) is 0.386. The maximum Gasteiger partial charge on any atom is 0.0170 e. The Bertz CT molecular complexity index is 75.7. The Morgan fingerprint density at radius 2 is 2.00 bits per heavy atom. The Kier molecular flexibility index (Phi) is 6.24. The lowest BCUT2D eigenvalue weighted by atomic mass is 10.2. The maximum atomic E-state index is 5.84. The molecule has 1 nitrogen and oxygen atoms in total. The molecule has 62 valence electrons. The molecule has 0 aromatic heterocycles. The van der Waals surface area contributed by atoms with Crippen molar-refractivity contribution < 1.29 is 0 Å². The van der Waals surface area contributed by atoms with Gasteiger partial charge in [-0.25, -0.2) is 0 Å². The fourth-order valence-electron chi connectivity index (χ4n) is 0.759. The predicted octanol–water partition coefficient (Wildman–Crippen LogP) is 2.26. The second-order valence-electron chi connectivity index (χ2n) is 2.65. The van der Waals surface area contributed by atoms with E-state index in [1.807, 2.05) is 11.8 Å². The molecule has 2 N–H and O–H groups in total. The van der Waals surface area contributed by atoms with Crippen molar-refractivity contribution in [3.8, 4) is 0 Å². The zero-order valence-corrected chi connectivity index (χ0v) is 8.08. The lowest BCUT2D eigenvalue weighted by Gasteiger charge is -2.16. The molecule has 0 aromatic rings. The van der Waals surface area contributed by atoms with Crippen molar-refractivity contribution in [1.82, 2.24) is 0 Å². The third-order valence-electron chi connectivity index (χ3n) is 1.66. The first-order valence-corrected chi connectivity index (χ1v) is 5.14. The van der Waals surface area contributed by atoms with Gasteiger partial charge in [-0.05, 0) is 18.6 Å². The van der Waals surface area contributed by atoms with Crippen molar-refractivity contribution in [3.63, 3.8) is 0 Å². The fraction of sp³-hybridized carbons (Fsp3) is 1.00. The smallest absolute Gasteiger partial charge is 0.0170 e. The van der Waals surface area contributed by atoms with Gasteiger partial charge in [0.05, 0.1) is 0 Å². The van der Waals surface area contributed by atoms with Crippen LogP contribution in [0.15, 0.2) is 0 Å². The first-order chi connectivity index (χ1) is 4.72. The summed E-state index contributed by atoms with van der Waals surface area (Å²) >= 11 is 1.98. The van der Waals surface area contributed by atoms with Crippen LogP contribution in [0.4, 0.5) is 0 Å². The van der Waals surface area contributed by atoms with Crippen LogP contribution in [0.5, 0.6) is 0 Å². The summed E-state index contributed by atoms with van der Waals surface area (Å²) < 4.78 is 0. The molecule has 0 radical (unpaired) electrons. The molecule has 0 rings (SSSR count). The molecule has 0 bridgehead atoms. The van der Waals surface area contributed by atoms with E-state index >= 15 is 0 Å². The van der Waals surface area contributed by atoms with Gasteiger partial charge in [0.25, 0.3) is 0 Å². The summed E-state index contributed by atoms with van der Waals surface area (Å²) in [6.07, 6.45) is 2.35. The largest absolute Gasteiger partial charge is 0.327 e. The van der Waals surface area contributed by atoms with Crippen LogP contribution in [0.2, 0.25) is 0 Å². The molecule has 2 atom stereocenters. The van der Waals surface area contributed by atoms with Crippen LogP contribution in [0.25, 0.3) is 0 Å². The third-order valence-corrected chi connectivity index (χ3v) is 3.18. The zero-order valence-electron chi connectivity index (χ0n) is 7.26. The van der Waals surface area contributed by atoms with E-state index < -0.39 is 0 Å². The van der Waals surface area contributed by atoms with Crippen LogP contribution in [0.3, 0.4) is 0 Å². The predicted molar refractivity (Wildman–Crippen MR) is 50.5 cm³/mol. The van der Waals surface area contributed by atoms with Gasteiger partial charge in [0.2, 0.25) is 0 Å². The molecule has 0 aliphatic carbocycles. The Hall–Kier alpha value is 0.310. The average Bonchev–Trinajstić information content (AvgIpc) is 1.98. The number of thioether (sulfide) groups is 1. The standard InChI is InChI=1S/C8H19NS/c1-4-6-10-7(3)8(9)5-2/h7-8H,4-6,9H2,1-3H3. The highest BCUT2D eigenvalue weighted by Crippen LogP contribution is 2.15. The molecule has 2 unspecified atom stereocenters. The Balaban J connectivity index is 3.31. The third kappa shape index (κ3) is 4.18. The lowest BCUT2D eigenvalue weighted by Crippen LogP contribution is -2.29. The minimum Gasteiger partial charge on any atom is -0.327 e. The molecule has 0 spiro atoms. The van der Waals surface area contributed by atoms with Gasteiger partial charge >= 0.3 is 0 Å². The average molecular weight is 161 g/mol. The van der Waals surface area contributed by atoms with Crippen LogP contribution in [-0.4, -0.2) is 17.0 Å². The fourth-order valence-corrected chi connectivity index (χ4v) is 1.81. The van der Waals surface area contributed by atoms with E-state index in [0.29, 0.717) is 11.3 Å². The molecule has 0 aliphatic heterocycles. The van der Waals surface area contributed by atoms with Crippen molar-refractivity contribution in [2.45, 2.75) is 44.9 Å². The Morgan fingerprint density at radius 1 is 1.40 bits per heavy atom. The molecule has 0 aromatic carbocycles. The second kappa shape index (κ2) is 6.05. The molecule has 10 heavy (non-hydrogen) atoms. The van der Waals surface area contributed by atoms with Crippen LogP contribution < -0.4 is 5.73 Å². The molecule has 0 heterocycles. The van der Waals surface area contributed by atoms with Crippen LogP contribution in [0.1, 0.15) is 33.6 Å². The normalized spacial score (nSPS) is 16.8. The Morgan fingerprint density at radius 3 is 2.40 bits per heavy atom. The van der Waals surface area contributed by atoms with E-state index in [1.54, 1.807) is 0 Å². The highest BCUT2D eigenvalue weighted by atomic mass is 32.2. The number of hydrogen-bond donors (Lipinski definition) is 1. The van der Waals surface area contributed by atoms with Crippen molar-refractivity contribution >= 4 is 11.8 Å². The van der Waals surface area contributed by atoms with Crippen molar-refractivity contribution in [3.05, 3.63) is 0 Å². The highest BCUT2D eigenvalue weighted by molar-refractivity contribution is 7.99. The van der Waals surface area contributed by atoms with Crippen LogP contribution in [0, 0.1) is 0 Å². The second-order valence-corrected chi connectivity index (χ2v) is 4.13. The summed E-state index contributed by atoms with van der Waals surface area (Å²) in [6.45, 7) is 6.57. The van der Waals surface area contributed by atoms with Gasteiger partial charge in [0.15, 0.2) is 0 Å². The molecule has 0 saturated carbocycles. The monoisotopic (exact) mass is 161 g/mol. The van der Waals surface area contributed by atoms with E-state index in [9.17, 15) is 0 Å². The SMILES string of the molecule is CCCSC(C)C(N)CC. The van der Waals surface area contributed by atoms with Gasteiger partial charge in [0, 0.05) is 11.3 Å². The minimum absolute atomic E-state index is 0.386. The first kappa shape index (κ1) is 10.3. The van der Waals surface area contributed by atoms with E-state index in [1.165, 1.54) is 12.2 Å². The van der Waals surface area contributed by atoms with Gasteiger partial charge in [-0.15, -0.1) is 0 Å². The van der Waals surface area contributed by atoms with E-state index in [0.717, 1.165) is 6.42 Å². The Labute approximate surface area is 68.8 Å². The van der Waals surface area contributed by atoms with Gasteiger partial charge < -0.3 is 5.73 Å². The molecule has 0 fully saturated rings.